The van der Waals surface area contributed by atoms with Gasteiger partial charge < -0.3 is 20.5 Å². The third kappa shape index (κ3) is 5.84. The topological polar surface area (TPSA) is 70.6 Å². The molecule has 128 valence electrons. The van der Waals surface area contributed by atoms with Gasteiger partial charge in [0.05, 0.1) is 11.2 Å². The molecule has 0 saturated carbocycles. The second-order valence-electron chi connectivity index (χ2n) is 7.26. The molecule has 1 unspecified atom stereocenters. The lowest BCUT2D eigenvalue weighted by molar-refractivity contribution is 0.00688. The van der Waals surface area contributed by atoms with Gasteiger partial charge in [-0.1, -0.05) is 0 Å². The Hall–Kier alpha value is -1.59. The van der Waals surface area contributed by atoms with Gasteiger partial charge >= 0.3 is 5.97 Å². The maximum absolute atomic E-state index is 12.0. The van der Waals surface area contributed by atoms with Crippen LogP contribution < -0.4 is 10.6 Å². The Labute approximate surface area is 138 Å². The van der Waals surface area contributed by atoms with Crippen LogP contribution >= 0.6 is 0 Å². The number of ether oxygens (including phenoxy) is 1. The normalized spacial score (nSPS) is 21.7. The molecule has 1 aromatic carbocycles. The molecule has 1 aliphatic heterocycles. The molecule has 0 bridgehead atoms. The number of nitrogens with one attached hydrogen (secondary N) is 2. The highest BCUT2D eigenvalue weighted by Crippen LogP contribution is 2.20. The molecule has 1 aromatic rings. The Kier molecular flexibility index (Phi) is 5.65. The second-order valence-corrected chi connectivity index (χ2v) is 7.26. The van der Waals surface area contributed by atoms with Crippen LogP contribution in [0.3, 0.4) is 0 Å². The molecule has 23 heavy (non-hydrogen) atoms. The van der Waals surface area contributed by atoms with Gasteiger partial charge in [-0.3, -0.25) is 0 Å². The molecule has 1 atom stereocenters. The predicted octanol–water partition coefficient (Wildman–Crippen LogP) is 2.56. The van der Waals surface area contributed by atoms with Crippen molar-refractivity contribution in [1.29, 1.82) is 0 Å². The zero-order valence-corrected chi connectivity index (χ0v) is 14.3. The summed E-state index contributed by atoms with van der Waals surface area (Å²) < 4.78 is 5.34. The lowest BCUT2D eigenvalue weighted by Crippen LogP contribution is -2.46. The Balaban J connectivity index is 1.82. The summed E-state index contributed by atoms with van der Waals surface area (Å²) in [5, 5.41) is 16.9. The minimum atomic E-state index is -0.609. The summed E-state index contributed by atoms with van der Waals surface area (Å²) in [4.78, 5) is 12.0. The van der Waals surface area contributed by atoms with Crippen LogP contribution in [0.1, 0.15) is 50.4 Å². The molecular weight excluding hydrogens is 292 g/mol. The Bertz CT molecular complexity index is 514. The van der Waals surface area contributed by atoms with Crippen LogP contribution in [0, 0.1) is 0 Å². The lowest BCUT2D eigenvalue weighted by Gasteiger charge is -2.32. The first kappa shape index (κ1) is 17.8. The third-order valence-electron chi connectivity index (χ3n) is 3.89. The maximum atomic E-state index is 12.0. The molecule has 5 nitrogen and oxygen atoms in total. The fourth-order valence-corrected chi connectivity index (χ4v) is 2.67. The first-order valence-electron chi connectivity index (χ1n) is 8.28. The van der Waals surface area contributed by atoms with Crippen molar-refractivity contribution >= 4 is 11.7 Å². The van der Waals surface area contributed by atoms with Crippen molar-refractivity contribution in [3.05, 3.63) is 29.8 Å². The fourth-order valence-electron chi connectivity index (χ4n) is 2.67. The van der Waals surface area contributed by atoms with Crippen molar-refractivity contribution in [2.24, 2.45) is 0 Å². The van der Waals surface area contributed by atoms with Crippen LogP contribution in [-0.2, 0) is 4.74 Å². The first-order valence-corrected chi connectivity index (χ1v) is 8.28. The Morgan fingerprint density at radius 2 is 2.04 bits per heavy atom. The van der Waals surface area contributed by atoms with Crippen LogP contribution in [0.15, 0.2) is 24.3 Å². The molecule has 1 aliphatic rings. The van der Waals surface area contributed by atoms with Gasteiger partial charge in [-0.2, -0.15) is 0 Å². The average Bonchev–Trinajstić information content (AvgIpc) is 2.47. The van der Waals surface area contributed by atoms with Gasteiger partial charge in [0.25, 0.3) is 0 Å². The van der Waals surface area contributed by atoms with Crippen LogP contribution in [0.2, 0.25) is 0 Å². The van der Waals surface area contributed by atoms with E-state index in [9.17, 15) is 9.90 Å². The number of esters is 1. The van der Waals surface area contributed by atoms with Crippen molar-refractivity contribution in [2.45, 2.75) is 51.2 Å². The molecule has 0 aromatic heterocycles. The Morgan fingerprint density at radius 1 is 1.35 bits per heavy atom. The number of hydrogen-bond acceptors (Lipinski definition) is 5. The van der Waals surface area contributed by atoms with E-state index in [1.165, 1.54) is 0 Å². The molecule has 1 fully saturated rings. The van der Waals surface area contributed by atoms with E-state index in [0.29, 0.717) is 25.1 Å². The van der Waals surface area contributed by atoms with E-state index in [4.69, 9.17) is 4.74 Å². The smallest absolute Gasteiger partial charge is 0.338 e. The summed E-state index contributed by atoms with van der Waals surface area (Å²) in [5.74, 6) is -0.313. The highest BCUT2D eigenvalue weighted by atomic mass is 16.6. The van der Waals surface area contributed by atoms with Gasteiger partial charge in [0, 0.05) is 18.8 Å². The van der Waals surface area contributed by atoms with Crippen molar-refractivity contribution in [1.82, 2.24) is 5.32 Å². The molecule has 5 heteroatoms. The maximum Gasteiger partial charge on any atom is 0.338 e. The van der Waals surface area contributed by atoms with Crippen molar-refractivity contribution in [3.63, 3.8) is 0 Å². The number of aliphatic hydroxyl groups is 1. The summed E-state index contributed by atoms with van der Waals surface area (Å²) in [7, 11) is 0. The minimum absolute atomic E-state index is 0.313. The number of rotatable bonds is 5. The summed E-state index contributed by atoms with van der Waals surface area (Å²) >= 11 is 0. The lowest BCUT2D eigenvalue weighted by atomic mass is 9.91. The van der Waals surface area contributed by atoms with E-state index in [0.717, 1.165) is 25.1 Å². The van der Waals surface area contributed by atoms with Crippen molar-refractivity contribution < 1.29 is 14.6 Å². The van der Waals surface area contributed by atoms with Gasteiger partial charge in [0.1, 0.15) is 5.60 Å². The number of carbonyl (C=O) groups excluding carboxylic acids is 1. The van der Waals surface area contributed by atoms with Gasteiger partial charge in [-0.25, -0.2) is 4.79 Å². The summed E-state index contributed by atoms with van der Waals surface area (Å²) in [6, 6.07) is 7.24. The van der Waals surface area contributed by atoms with Crippen molar-refractivity contribution in [2.75, 3.05) is 25.0 Å². The SMILES string of the molecule is CC(C)(C)OC(=O)c1ccc(NCCC2(O)CCCNC2)cc1. The number of piperidine rings is 1. The van der Waals surface area contributed by atoms with Crippen LogP contribution in [0.5, 0.6) is 0 Å². The van der Waals surface area contributed by atoms with E-state index in [1.807, 2.05) is 32.9 Å². The highest BCUT2D eigenvalue weighted by molar-refractivity contribution is 5.90. The van der Waals surface area contributed by atoms with Gasteiger partial charge in [0.2, 0.25) is 0 Å². The quantitative estimate of drug-likeness (QED) is 0.727. The number of anilines is 1. The average molecular weight is 320 g/mol. The molecule has 0 aliphatic carbocycles. The predicted molar refractivity (Wildman–Crippen MR) is 91.8 cm³/mol. The monoisotopic (exact) mass is 320 g/mol. The van der Waals surface area contributed by atoms with Gasteiger partial charge in [-0.05, 0) is 70.8 Å². The van der Waals surface area contributed by atoms with Crippen LogP contribution in [0.25, 0.3) is 0 Å². The van der Waals surface area contributed by atoms with Crippen LogP contribution in [0.4, 0.5) is 5.69 Å². The first-order chi connectivity index (χ1) is 10.8. The summed E-state index contributed by atoms with van der Waals surface area (Å²) in [6.07, 6.45) is 2.56. The third-order valence-corrected chi connectivity index (χ3v) is 3.89. The minimum Gasteiger partial charge on any atom is -0.456 e. The molecule has 1 heterocycles. The largest absolute Gasteiger partial charge is 0.456 e. The van der Waals surface area contributed by atoms with E-state index < -0.39 is 11.2 Å². The summed E-state index contributed by atoms with van der Waals surface area (Å²) in [5.41, 5.74) is 0.379. The van der Waals surface area contributed by atoms with E-state index >= 15 is 0 Å². The highest BCUT2D eigenvalue weighted by Gasteiger charge is 2.28. The number of benzene rings is 1. The number of carbonyl (C=O) groups is 1. The van der Waals surface area contributed by atoms with Gasteiger partial charge in [-0.15, -0.1) is 0 Å². The summed E-state index contributed by atoms with van der Waals surface area (Å²) in [6.45, 7) is 7.90. The molecule has 3 N–H and O–H groups in total. The molecule has 2 rings (SSSR count). The van der Waals surface area contributed by atoms with Gasteiger partial charge in [0.15, 0.2) is 0 Å². The molecule has 0 spiro atoms. The molecule has 1 saturated heterocycles. The van der Waals surface area contributed by atoms with Crippen molar-refractivity contribution in [3.8, 4) is 0 Å². The van der Waals surface area contributed by atoms with Crippen LogP contribution in [-0.4, -0.2) is 41.9 Å². The van der Waals surface area contributed by atoms with E-state index in [-0.39, 0.29) is 5.97 Å². The number of β-amino-alcohol motifs (C(OH)–C–C–N with tert-alkyl or cyclic N) is 1. The van der Waals surface area contributed by atoms with E-state index in [1.54, 1.807) is 12.1 Å². The second kappa shape index (κ2) is 7.32. The van der Waals surface area contributed by atoms with E-state index in [2.05, 4.69) is 10.6 Å². The zero-order chi connectivity index (χ0) is 16.9. The number of hydrogen-bond donors (Lipinski definition) is 3. The fraction of sp³-hybridized carbons (Fsp3) is 0.611. The molecule has 0 radical (unpaired) electrons. The zero-order valence-electron chi connectivity index (χ0n) is 14.3. The molecule has 0 amide bonds. The standard InChI is InChI=1S/C18H28N2O3/c1-17(2,3)23-16(21)14-5-7-15(8-6-14)20-12-10-18(22)9-4-11-19-13-18/h5-8,19-20,22H,4,9-13H2,1-3H3. The molecular formula is C18H28N2O3. The Morgan fingerprint density at radius 3 is 2.61 bits per heavy atom.